The molecule has 0 saturated carbocycles. The molecular weight excluding hydrogens is 224 g/mol. The van der Waals surface area contributed by atoms with Gasteiger partial charge in [0.1, 0.15) is 0 Å². The first-order chi connectivity index (χ1) is 8.86. The fraction of sp³-hybridized carbons (Fsp3) is 0.533. The zero-order valence-corrected chi connectivity index (χ0v) is 10.9. The lowest BCUT2D eigenvalue weighted by molar-refractivity contribution is 0.0977. The number of nitrogens with one attached hydrogen (secondary N) is 1. The van der Waals surface area contributed by atoms with Gasteiger partial charge in [-0.1, -0.05) is 30.3 Å². The fourth-order valence-corrected chi connectivity index (χ4v) is 2.32. The van der Waals surface area contributed by atoms with Crippen molar-refractivity contribution in [3.8, 4) is 0 Å². The average molecular weight is 246 g/mol. The van der Waals surface area contributed by atoms with Crippen molar-refractivity contribution >= 4 is 5.78 Å². The molecule has 3 heteroatoms. The summed E-state index contributed by atoms with van der Waals surface area (Å²) >= 11 is 0. The molecule has 0 amide bonds. The van der Waals surface area contributed by atoms with E-state index in [1.54, 1.807) is 0 Å². The van der Waals surface area contributed by atoms with Gasteiger partial charge in [-0.2, -0.15) is 0 Å². The maximum absolute atomic E-state index is 11.9. The molecule has 1 aliphatic rings. The lowest BCUT2D eigenvalue weighted by Crippen LogP contribution is -2.43. The highest BCUT2D eigenvalue weighted by Crippen LogP contribution is 2.07. The topological polar surface area (TPSA) is 32.3 Å². The Labute approximate surface area is 109 Å². The summed E-state index contributed by atoms with van der Waals surface area (Å²) in [5.41, 5.74) is 0.847. The lowest BCUT2D eigenvalue weighted by Gasteiger charge is -2.26. The standard InChI is InChI=1S/C15H22N2O/c18-15(14-6-2-1-3-7-14)8-4-5-11-17-12-9-16-10-13-17/h1-3,6-7,16H,4-5,8-13H2. The summed E-state index contributed by atoms with van der Waals surface area (Å²) in [4.78, 5) is 14.3. The van der Waals surface area contributed by atoms with Gasteiger partial charge in [-0.15, -0.1) is 0 Å². The van der Waals surface area contributed by atoms with Gasteiger partial charge in [0.05, 0.1) is 0 Å². The highest BCUT2D eigenvalue weighted by atomic mass is 16.1. The maximum Gasteiger partial charge on any atom is 0.162 e. The van der Waals surface area contributed by atoms with Crippen molar-refractivity contribution in [2.24, 2.45) is 0 Å². The normalized spacial score (nSPS) is 16.7. The van der Waals surface area contributed by atoms with Crippen molar-refractivity contribution in [3.63, 3.8) is 0 Å². The van der Waals surface area contributed by atoms with Crippen LogP contribution in [0.2, 0.25) is 0 Å². The predicted molar refractivity (Wildman–Crippen MR) is 73.9 cm³/mol. The quantitative estimate of drug-likeness (QED) is 0.615. The van der Waals surface area contributed by atoms with Crippen LogP contribution in [0.25, 0.3) is 0 Å². The van der Waals surface area contributed by atoms with E-state index in [9.17, 15) is 4.79 Å². The van der Waals surface area contributed by atoms with E-state index in [0.29, 0.717) is 6.42 Å². The van der Waals surface area contributed by atoms with Gasteiger partial charge in [0, 0.05) is 38.2 Å². The van der Waals surface area contributed by atoms with E-state index in [1.807, 2.05) is 30.3 Å². The molecule has 3 nitrogen and oxygen atoms in total. The van der Waals surface area contributed by atoms with E-state index in [0.717, 1.165) is 51.1 Å². The number of rotatable bonds is 6. The van der Waals surface area contributed by atoms with Crippen molar-refractivity contribution in [1.29, 1.82) is 0 Å². The van der Waals surface area contributed by atoms with E-state index in [4.69, 9.17) is 0 Å². The van der Waals surface area contributed by atoms with Gasteiger partial charge < -0.3 is 10.2 Å². The third-order valence-electron chi connectivity index (χ3n) is 3.43. The molecule has 0 aliphatic carbocycles. The van der Waals surface area contributed by atoms with Crippen LogP contribution in [0.15, 0.2) is 30.3 Å². The fourth-order valence-electron chi connectivity index (χ4n) is 2.32. The highest BCUT2D eigenvalue weighted by Gasteiger charge is 2.09. The second-order valence-electron chi connectivity index (χ2n) is 4.84. The minimum atomic E-state index is 0.274. The minimum Gasteiger partial charge on any atom is -0.314 e. The van der Waals surface area contributed by atoms with Crippen molar-refractivity contribution in [2.45, 2.75) is 19.3 Å². The summed E-state index contributed by atoms with van der Waals surface area (Å²) in [5, 5.41) is 3.35. The molecule has 18 heavy (non-hydrogen) atoms. The van der Waals surface area contributed by atoms with Crippen molar-refractivity contribution < 1.29 is 4.79 Å². The summed E-state index contributed by atoms with van der Waals surface area (Å²) in [5.74, 6) is 0.274. The van der Waals surface area contributed by atoms with E-state index >= 15 is 0 Å². The van der Waals surface area contributed by atoms with Crippen molar-refractivity contribution in [1.82, 2.24) is 10.2 Å². The minimum absolute atomic E-state index is 0.274. The predicted octanol–water partition coefficient (Wildman–Crippen LogP) is 1.94. The third kappa shape index (κ3) is 4.24. The second-order valence-corrected chi connectivity index (χ2v) is 4.84. The average Bonchev–Trinajstić information content (AvgIpc) is 2.45. The number of piperazine rings is 1. The number of unbranched alkanes of at least 4 members (excludes halogenated alkanes) is 1. The van der Waals surface area contributed by atoms with Crippen LogP contribution in [0.1, 0.15) is 29.6 Å². The zero-order chi connectivity index (χ0) is 12.6. The molecule has 98 valence electrons. The Morgan fingerprint density at radius 2 is 1.83 bits per heavy atom. The van der Waals surface area contributed by atoms with Gasteiger partial charge in [-0.05, 0) is 19.4 Å². The number of ketones is 1. The summed E-state index contributed by atoms with van der Waals surface area (Å²) in [7, 11) is 0. The van der Waals surface area contributed by atoms with Crippen molar-refractivity contribution in [2.75, 3.05) is 32.7 Å². The molecule has 1 fully saturated rings. The van der Waals surface area contributed by atoms with Crippen LogP contribution in [-0.2, 0) is 0 Å². The second kappa shape index (κ2) is 7.29. The van der Waals surface area contributed by atoms with Crippen LogP contribution in [0.4, 0.5) is 0 Å². The van der Waals surface area contributed by atoms with Crippen LogP contribution < -0.4 is 5.32 Å². The SMILES string of the molecule is O=C(CCCCN1CCNCC1)c1ccccc1. The van der Waals surface area contributed by atoms with E-state index in [1.165, 1.54) is 0 Å². The summed E-state index contributed by atoms with van der Waals surface area (Å²) in [6, 6.07) is 9.60. The van der Waals surface area contributed by atoms with Crippen LogP contribution in [0.3, 0.4) is 0 Å². The smallest absolute Gasteiger partial charge is 0.162 e. The monoisotopic (exact) mass is 246 g/mol. The van der Waals surface area contributed by atoms with E-state index in [2.05, 4.69) is 10.2 Å². The molecule has 0 radical (unpaired) electrons. The first-order valence-corrected chi connectivity index (χ1v) is 6.87. The molecule has 2 rings (SSSR count). The molecule has 0 aromatic heterocycles. The first-order valence-electron chi connectivity index (χ1n) is 6.87. The molecule has 1 saturated heterocycles. The van der Waals surface area contributed by atoms with E-state index in [-0.39, 0.29) is 5.78 Å². The summed E-state index contributed by atoms with van der Waals surface area (Å²) < 4.78 is 0. The maximum atomic E-state index is 11.9. The van der Waals surface area contributed by atoms with Crippen LogP contribution in [-0.4, -0.2) is 43.4 Å². The number of carbonyl (C=O) groups excluding carboxylic acids is 1. The van der Waals surface area contributed by atoms with Crippen LogP contribution in [0.5, 0.6) is 0 Å². The largest absolute Gasteiger partial charge is 0.314 e. The lowest BCUT2D eigenvalue weighted by atomic mass is 10.1. The number of nitrogens with zero attached hydrogens (tertiary/aromatic N) is 1. The Morgan fingerprint density at radius 1 is 1.11 bits per heavy atom. The molecule has 0 unspecified atom stereocenters. The molecule has 0 spiro atoms. The Morgan fingerprint density at radius 3 is 2.56 bits per heavy atom. The van der Waals surface area contributed by atoms with Gasteiger partial charge in [-0.25, -0.2) is 0 Å². The molecule has 1 aliphatic heterocycles. The van der Waals surface area contributed by atoms with Gasteiger partial charge in [0.2, 0.25) is 0 Å². The van der Waals surface area contributed by atoms with Gasteiger partial charge >= 0.3 is 0 Å². The number of hydrogen-bond acceptors (Lipinski definition) is 3. The molecular formula is C15H22N2O. The Kier molecular flexibility index (Phi) is 5.36. The Hall–Kier alpha value is -1.19. The van der Waals surface area contributed by atoms with Crippen LogP contribution in [0, 0.1) is 0 Å². The Balaban J connectivity index is 1.62. The highest BCUT2D eigenvalue weighted by molar-refractivity contribution is 5.95. The van der Waals surface area contributed by atoms with Crippen LogP contribution >= 0.6 is 0 Å². The zero-order valence-electron chi connectivity index (χ0n) is 10.9. The number of benzene rings is 1. The molecule has 1 heterocycles. The molecule has 1 aromatic carbocycles. The third-order valence-corrected chi connectivity index (χ3v) is 3.43. The number of Topliss-reactive ketones (excluding diaryl/α,β-unsaturated/α-hetero) is 1. The Bertz CT molecular complexity index is 358. The van der Waals surface area contributed by atoms with Gasteiger partial charge in [0.25, 0.3) is 0 Å². The first kappa shape index (κ1) is 13.2. The van der Waals surface area contributed by atoms with Gasteiger partial charge in [-0.3, -0.25) is 4.79 Å². The van der Waals surface area contributed by atoms with Crippen molar-refractivity contribution in [3.05, 3.63) is 35.9 Å². The molecule has 1 aromatic rings. The summed E-state index contributed by atoms with van der Waals surface area (Å²) in [6.45, 7) is 5.62. The molecule has 0 atom stereocenters. The van der Waals surface area contributed by atoms with E-state index < -0.39 is 0 Å². The summed E-state index contributed by atoms with van der Waals surface area (Å²) in [6.07, 6.45) is 2.80. The van der Waals surface area contributed by atoms with Gasteiger partial charge in [0.15, 0.2) is 5.78 Å². The molecule has 1 N–H and O–H groups in total. The number of hydrogen-bond donors (Lipinski definition) is 1. The molecule has 0 bridgehead atoms. The number of carbonyl (C=O) groups is 1.